The van der Waals surface area contributed by atoms with Gasteiger partial charge in [0.25, 0.3) is 0 Å². The molecule has 1 aromatic rings. The predicted octanol–water partition coefficient (Wildman–Crippen LogP) is 1.27. The number of carbonyl (C=O) groups excluding carboxylic acids is 1. The molecule has 2 aliphatic heterocycles. The summed E-state index contributed by atoms with van der Waals surface area (Å²) in [4.78, 5) is 27.7. The average molecular weight is 282 g/mol. The number of thiazole rings is 1. The van der Waals surface area contributed by atoms with Crippen molar-refractivity contribution in [1.82, 2.24) is 4.98 Å². The highest BCUT2D eigenvalue weighted by Gasteiger charge is 2.55. The van der Waals surface area contributed by atoms with Crippen LogP contribution in [0.1, 0.15) is 18.5 Å². The number of hydrogen-bond donors (Lipinski definition) is 2. The average Bonchev–Trinajstić information content (AvgIpc) is 3.03. The molecule has 7 heteroatoms. The van der Waals surface area contributed by atoms with Gasteiger partial charge in [0.1, 0.15) is 0 Å². The second kappa shape index (κ2) is 4.57. The summed E-state index contributed by atoms with van der Waals surface area (Å²) in [6, 6.07) is 0. The number of carbonyl (C=O) groups is 2. The minimum Gasteiger partial charge on any atom is -0.481 e. The fourth-order valence-electron chi connectivity index (χ4n) is 2.92. The van der Waals surface area contributed by atoms with Gasteiger partial charge in [-0.1, -0.05) is 0 Å². The number of amides is 1. The summed E-state index contributed by atoms with van der Waals surface area (Å²) in [5.74, 6) is -2.60. The van der Waals surface area contributed by atoms with Gasteiger partial charge in [-0.05, 0) is 19.8 Å². The molecule has 0 aromatic carbocycles. The van der Waals surface area contributed by atoms with Gasteiger partial charge in [-0.2, -0.15) is 0 Å². The van der Waals surface area contributed by atoms with Crippen molar-refractivity contribution in [3.05, 3.63) is 11.1 Å². The highest BCUT2D eigenvalue weighted by atomic mass is 32.1. The molecule has 3 rings (SSSR count). The minimum atomic E-state index is -0.956. The van der Waals surface area contributed by atoms with E-state index in [-0.39, 0.29) is 18.1 Å². The highest BCUT2D eigenvalue weighted by Crippen LogP contribution is 2.44. The number of aliphatic carboxylic acids is 1. The van der Waals surface area contributed by atoms with Gasteiger partial charge in [0.05, 0.1) is 29.7 Å². The van der Waals surface area contributed by atoms with E-state index >= 15 is 0 Å². The number of rotatable bonds is 3. The maximum Gasteiger partial charge on any atom is 0.310 e. The topological polar surface area (TPSA) is 88.5 Å². The molecule has 2 N–H and O–H groups in total. The largest absolute Gasteiger partial charge is 0.481 e. The van der Waals surface area contributed by atoms with Crippen LogP contribution in [0.5, 0.6) is 0 Å². The molecule has 1 amide bonds. The molecule has 0 radical (unpaired) electrons. The van der Waals surface area contributed by atoms with Crippen molar-refractivity contribution in [3.8, 4) is 0 Å². The molecule has 102 valence electrons. The molecule has 2 fully saturated rings. The lowest BCUT2D eigenvalue weighted by Gasteiger charge is -2.23. The summed E-state index contributed by atoms with van der Waals surface area (Å²) in [5, 5.41) is 14.3. The lowest BCUT2D eigenvalue weighted by molar-refractivity contribution is -0.147. The van der Waals surface area contributed by atoms with Crippen LogP contribution < -0.4 is 5.32 Å². The van der Waals surface area contributed by atoms with Gasteiger partial charge in [-0.15, -0.1) is 11.3 Å². The van der Waals surface area contributed by atoms with Crippen LogP contribution in [0, 0.1) is 18.8 Å². The Labute approximate surface area is 113 Å². The summed E-state index contributed by atoms with van der Waals surface area (Å²) in [7, 11) is 0. The van der Waals surface area contributed by atoms with Gasteiger partial charge in [0, 0.05) is 5.38 Å². The van der Waals surface area contributed by atoms with Gasteiger partial charge in [0.2, 0.25) is 5.91 Å². The summed E-state index contributed by atoms with van der Waals surface area (Å²) in [6.07, 6.45) is 0.883. The van der Waals surface area contributed by atoms with E-state index in [1.165, 1.54) is 11.3 Å². The van der Waals surface area contributed by atoms with Gasteiger partial charge < -0.3 is 15.2 Å². The number of nitrogens with one attached hydrogen (secondary N) is 1. The van der Waals surface area contributed by atoms with Crippen molar-refractivity contribution in [3.63, 3.8) is 0 Å². The first-order valence-electron chi connectivity index (χ1n) is 6.17. The first kappa shape index (κ1) is 12.6. The zero-order valence-electron chi connectivity index (χ0n) is 10.3. The number of hydrogen-bond acceptors (Lipinski definition) is 5. The van der Waals surface area contributed by atoms with Gasteiger partial charge in [-0.25, -0.2) is 4.98 Å². The lowest BCUT2D eigenvalue weighted by Crippen LogP contribution is -2.40. The van der Waals surface area contributed by atoms with Crippen LogP contribution in [-0.2, 0) is 14.3 Å². The smallest absolute Gasteiger partial charge is 0.310 e. The predicted molar refractivity (Wildman–Crippen MR) is 68.0 cm³/mol. The molecule has 0 aliphatic carbocycles. The molecule has 2 bridgehead atoms. The Hall–Kier alpha value is -1.47. The van der Waals surface area contributed by atoms with E-state index in [0.29, 0.717) is 5.13 Å². The molecule has 6 nitrogen and oxygen atoms in total. The molecule has 2 aliphatic rings. The van der Waals surface area contributed by atoms with E-state index in [1.54, 1.807) is 0 Å². The third kappa shape index (κ3) is 2.12. The number of carboxylic acid groups (broad SMARTS) is 1. The first-order valence-corrected chi connectivity index (χ1v) is 7.05. The second-order valence-corrected chi connectivity index (χ2v) is 5.82. The fourth-order valence-corrected chi connectivity index (χ4v) is 3.62. The summed E-state index contributed by atoms with van der Waals surface area (Å²) in [5.41, 5.74) is 0.833. The van der Waals surface area contributed by atoms with Crippen molar-refractivity contribution in [2.24, 2.45) is 11.8 Å². The molecule has 3 heterocycles. The maximum atomic E-state index is 12.2. The highest BCUT2D eigenvalue weighted by molar-refractivity contribution is 7.13. The molecule has 0 unspecified atom stereocenters. The number of anilines is 1. The molecule has 4 atom stereocenters. The third-order valence-corrected chi connectivity index (χ3v) is 4.59. The van der Waals surface area contributed by atoms with E-state index < -0.39 is 17.8 Å². The van der Waals surface area contributed by atoms with E-state index in [1.807, 2.05) is 12.3 Å². The van der Waals surface area contributed by atoms with Crippen LogP contribution in [0.25, 0.3) is 0 Å². The Bertz CT molecular complexity index is 530. The van der Waals surface area contributed by atoms with E-state index in [9.17, 15) is 14.7 Å². The zero-order chi connectivity index (χ0) is 13.6. The molecule has 0 spiro atoms. The summed E-state index contributed by atoms with van der Waals surface area (Å²) in [6.45, 7) is 1.84. The monoisotopic (exact) mass is 282 g/mol. The Balaban J connectivity index is 1.77. The lowest BCUT2D eigenvalue weighted by atomic mass is 9.79. The molecule has 0 saturated carbocycles. The molecule has 1 aromatic heterocycles. The van der Waals surface area contributed by atoms with Crippen LogP contribution in [-0.4, -0.2) is 34.2 Å². The standard InChI is InChI=1S/C12H14N2O4S/c1-5-4-19-12(13-5)14-10(15)8-6-2-3-7(18-6)9(8)11(16)17/h4,6-9H,2-3H2,1H3,(H,16,17)(H,13,14,15)/t6-,7-,8-,9-/m0/s1. The maximum absolute atomic E-state index is 12.2. The van der Waals surface area contributed by atoms with Gasteiger partial charge >= 0.3 is 5.97 Å². The number of nitrogens with zero attached hydrogens (tertiary/aromatic N) is 1. The van der Waals surface area contributed by atoms with Crippen LogP contribution in [0.4, 0.5) is 5.13 Å². The van der Waals surface area contributed by atoms with E-state index in [0.717, 1.165) is 18.5 Å². The zero-order valence-corrected chi connectivity index (χ0v) is 11.1. The molecular weight excluding hydrogens is 268 g/mol. The van der Waals surface area contributed by atoms with Crippen LogP contribution >= 0.6 is 11.3 Å². The summed E-state index contributed by atoms with van der Waals surface area (Å²) >= 11 is 1.34. The van der Waals surface area contributed by atoms with Crippen molar-refractivity contribution >= 4 is 28.3 Å². The number of ether oxygens (including phenoxy) is 1. The Morgan fingerprint density at radius 2 is 2.11 bits per heavy atom. The molecule has 2 saturated heterocycles. The third-order valence-electron chi connectivity index (χ3n) is 3.71. The quantitative estimate of drug-likeness (QED) is 0.871. The molecular formula is C12H14N2O4S. The Morgan fingerprint density at radius 3 is 2.68 bits per heavy atom. The van der Waals surface area contributed by atoms with Gasteiger partial charge in [0.15, 0.2) is 5.13 Å². The van der Waals surface area contributed by atoms with Crippen molar-refractivity contribution in [2.75, 3.05) is 5.32 Å². The Kier molecular flexibility index (Phi) is 3.02. The second-order valence-electron chi connectivity index (χ2n) is 4.96. The van der Waals surface area contributed by atoms with Crippen molar-refractivity contribution in [2.45, 2.75) is 32.0 Å². The van der Waals surface area contributed by atoms with Crippen LogP contribution in [0.15, 0.2) is 5.38 Å². The normalized spacial score (nSPS) is 32.5. The number of carboxylic acids is 1. The van der Waals surface area contributed by atoms with Crippen molar-refractivity contribution in [1.29, 1.82) is 0 Å². The van der Waals surface area contributed by atoms with Crippen LogP contribution in [0.2, 0.25) is 0 Å². The number of aromatic nitrogens is 1. The van der Waals surface area contributed by atoms with E-state index in [4.69, 9.17) is 4.74 Å². The fraction of sp³-hybridized carbons (Fsp3) is 0.583. The van der Waals surface area contributed by atoms with Crippen LogP contribution in [0.3, 0.4) is 0 Å². The molecule has 19 heavy (non-hydrogen) atoms. The van der Waals surface area contributed by atoms with E-state index in [2.05, 4.69) is 10.3 Å². The Morgan fingerprint density at radius 1 is 1.42 bits per heavy atom. The number of fused-ring (bicyclic) bond motifs is 2. The van der Waals surface area contributed by atoms with Gasteiger partial charge in [-0.3, -0.25) is 9.59 Å². The minimum absolute atomic E-state index is 0.271. The number of aryl methyl sites for hydroxylation is 1. The summed E-state index contributed by atoms with van der Waals surface area (Å²) < 4.78 is 5.56. The SMILES string of the molecule is Cc1csc(NC(=O)[C@@H]2[C@@H](C(=O)O)[C@@H]3CC[C@@H]2O3)n1. The first-order chi connectivity index (χ1) is 9.06. The van der Waals surface area contributed by atoms with Crippen molar-refractivity contribution < 1.29 is 19.4 Å².